The summed E-state index contributed by atoms with van der Waals surface area (Å²) < 4.78 is 5.00. The lowest BCUT2D eigenvalue weighted by atomic mass is 9.69. The largest absolute Gasteiger partial charge is 0.380 e. The third-order valence-electron chi connectivity index (χ3n) is 2.81. The number of nitrogens with zero attached hydrogens (tertiary/aromatic N) is 1. The van der Waals surface area contributed by atoms with Crippen molar-refractivity contribution < 1.29 is 9.53 Å². The fourth-order valence-electron chi connectivity index (χ4n) is 1.41. The Balaban J connectivity index is 2.39. The van der Waals surface area contributed by atoms with Crippen LogP contribution in [0.5, 0.6) is 0 Å². The summed E-state index contributed by atoms with van der Waals surface area (Å²) in [6, 6.07) is 2.10. The smallest absolute Gasteiger partial charge is 0.240 e. The molecule has 1 saturated carbocycles. The predicted molar refractivity (Wildman–Crippen MR) is 51.4 cm³/mol. The molecular weight excluding hydrogens is 180 g/mol. The lowest BCUT2D eigenvalue weighted by Gasteiger charge is -2.33. The van der Waals surface area contributed by atoms with Crippen molar-refractivity contribution >= 4 is 5.91 Å². The third kappa shape index (κ3) is 2.05. The molecule has 0 spiro atoms. The SMILES string of the molecule is COC(C)CNC(=O)C1(C#N)CCC1. The summed E-state index contributed by atoms with van der Waals surface area (Å²) in [5.41, 5.74) is -0.743. The van der Waals surface area contributed by atoms with Crippen LogP contribution in [0.15, 0.2) is 0 Å². The number of carbonyl (C=O) groups excluding carboxylic acids is 1. The van der Waals surface area contributed by atoms with Gasteiger partial charge in [0.1, 0.15) is 5.41 Å². The average Bonchev–Trinajstić information content (AvgIpc) is 2.13. The first-order valence-electron chi connectivity index (χ1n) is 4.87. The molecule has 1 aliphatic rings. The van der Waals surface area contributed by atoms with Crippen LogP contribution in [0, 0.1) is 16.7 Å². The quantitative estimate of drug-likeness (QED) is 0.724. The Labute approximate surface area is 84.2 Å². The van der Waals surface area contributed by atoms with Crippen molar-refractivity contribution in [1.82, 2.24) is 5.32 Å². The minimum Gasteiger partial charge on any atom is -0.380 e. The van der Waals surface area contributed by atoms with E-state index in [1.807, 2.05) is 6.92 Å². The molecular formula is C10H16N2O2. The van der Waals surface area contributed by atoms with E-state index in [1.54, 1.807) is 7.11 Å². The minimum atomic E-state index is -0.743. The molecule has 0 aromatic rings. The number of methoxy groups -OCH3 is 1. The van der Waals surface area contributed by atoms with E-state index < -0.39 is 5.41 Å². The van der Waals surface area contributed by atoms with Crippen LogP contribution in [-0.2, 0) is 9.53 Å². The molecule has 0 saturated heterocycles. The number of nitriles is 1. The summed E-state index contributed by atoms with van der Waals surface area (Å²) in [7, 11) is 1.60. The Morgan fingerprint density at radius 1 is 1.71 bits per heavy atom. The monoisotopic (exact) mass is 196 g/mol. The van der Waals surface area contributed by atoms with Gasteiger partial charge in [-0.25, -0.2) is 0 Å². The predicted octanol–water partition coefficient (Wildman–Crippen LogP) is 0.831. The first-order valence-corrected chi connectivity index (χ1v) is 4.87. The van der Waals surface area contributed by atoms with Gasteiger partial charge in [0.2, 0.25) is 5.91 Å². The van der Waals surface area contributed by atoms with Crippen molar-refractivity contribution in [2.24, 2.45) is 5.41 Å². The zero-order valence-corrected chi connectivity index (χ0v) is 8.67. The van der Waals surface area contributed by atoms with Gasteiger partial charge in [0.15, 0.2) is 0 Å². The molecule has 1 N–H and O–H groups in total. The number of rotatable bonds is 4. The van der Waals surface area contributed by atoms with E-state index >= 15 is 0 Å². The lowest BCUT2D eigenvalue weighted by molar-refractivity contribution is -0.132. The molecule has 4 nitrogen and oxygen atoms in total. The molecule has 0 radical (unpaired) electrons. The molecule has 1 aliphatic carbocycles. The van der Waals surface area contributed by atoms with Gasteiger partial charge in [-0.3, -0.25) is 4.79 Å². The topological polar surface area (TPSA) is 62.1 Å². The van der Waals surface area contributed by atoms with Gasteiger partial charge < -0.3 is 10.1 Å². The number of carbonyl (C=O) groups is 1. The molecule has 1 rings (SSSR count). The van der Waals surface area contributed by atoms with Gasteiger partial charge in [-0.2, -0.15) is 5.26 Å². The standard InChI is InChI=1S/C10H16N2O2/c1-8(14-2)6-12-9(13)10(7-11)4-3-5-10/h8H,3-6H2,1-2H3,(H,12,13). The number of ether oxygens (including phenoxy) is 1. The fourth-order valence-corrected chi connectivity index (χ4v) is 1.41. The van der Waals surface area contributed by atoms with E-state index in [0.717, 1.165) is 6.42 Å². The highest BCUT2D eigenvalue weighted by atomic mass is 16.5. The Morgan fingerprint density at radius 2 is 2.36 bits per heavy atom. The second-order valence-electron chi connectivity index (χ2n) is 3.80. The maximum absolute atomic E-state index is 11.6. The van der Waals surface area contributed by atoms with Gasteiger partial charge in [-0.1, -0.05) is 0 Å². The maximum atomic E-state index is 11.6. The molecule has 14 heavy (non-hydrogen) atoms. The minimum absolute atomic E-state index is 0.00484. The van der Waals surface area contributed by atoms with E-state index in [2.05, 4.69) is 11.4 Å². The summed E-state index contributed by atoms with van der Waals surface area (Å²) in [5, 5.41) is 11.6. The molecule has 0 bridgehead atoms. The van der Waals surface area contributed by atoms with Crippen LogP contribution in [0.3, 0.4) is 0 Å². The van der Waals surface area contributed by atoms with Crippen LogP contribution in [0.25, 0.3) is 0 Å². The summed E-state index contributed by atoms with van der Waals surface area (Å²) >= 11 is 0. The van der Waals surface area contributed by atoms with Gasteiger partial charge in [0, 0.05) is 13.7 Å². The Morgan fingerprint density at radius 3 is 2.71 bits per heavy atom. The summed E-state index contributed by atoms with van der Waals surface area (Å²) in [4.78, 5) is 11.6. The summed E-state index contributed by atoms with van der Waals surface area (Å²) in [6.07, 6.45) is 2.35. The van der Waals surface area contributed by atoms with Crippen molar-refractivity contribution in [2.45, 2.75) is 32.3 Å². The van der Waals surface area contributed by atoms with Crippen molar-refractivity contribution in [3.8, 4) is 6.07 Å². The van der Waals surface area contributed by atoms with E-state index in [1.165, 1.54) is 0 Å². The summed E-state index contributed by atoms with van der Waals surface area (Å²) in [6.45, 7) is 2.35. The van der Waals surface area contributed by atoms with Crippen LogP contribution in [0.4, 0.5) is 0 Å². The van der Waals surface area contributed by atoms with Crippen LogP contribution < -0.4 is 5.32 Å². The van der Waals surface area contributed by atoms with Crippen LogP contribution in [-0.4, -0.2) is 25.7 Å². The van der Waals surface area contributed by atoms with E-state index in [0.29, 0.717) is 19.4 Å². The highest BCUT2D eigenvalue weighted by Gasteiger charge is 2.44. The molecule has 0 aliphatic heterocycles. The second-order valence-corrected chi connectivity index (χ2v) is 3.80. The normalized spacial score (nSPS) is 20.4. The van der Waals surface area contributed by atoms with Crippen LogP contribution in [0.1, 0.15) is 26.2 Å². The van der Waals surface area contributed by atoms with Gasteiger partial charge in [0.25, 0.3) is 0 Å². The number of nitrogens with one attached hydrogen (secondary N) is 1. The van der Waals surface area contributed by atoms with Crippen molar-refractivity contribution in [1.29, 1.82) is 5.26 Å². The van der Waals surface area contributed by atoms with Crippen LogP contribution in [0.2, 0.25) is 0 Å². The van der Waals surface area contributed by atoms with Crippen molar-refractivity contribution in [2.75, 3.05) is 13.7 Å². The molecule has 1 unspecified atom stereocenters. The number of hydrogen-bond donors (Lipinski definition) is 1. The van der Waals surface area contributed by atoms with E-state index in [9.17, 15) is 4.79 Å². The number of hydrogen-bond acceptors (Lipinski definition) is 3. The molecule has 0 aromatic carbocycles. The number of amides is 1. The van der Waals surface area contributed by atoms with Gasteiger partial charge in [-0.05, 0) is 26.2 Å². The second kappa shape index (κ2) is 4.43. The van der Waals surface area contributed by atoms with Gasteiger partial charge >= 0.3 is 0 Å². The lowest BCUT2D eigenvalue weighted by Crippen LogP contribution is -2.46. The summed E-state index contributed by atoms with van der Waals surface area (Å²) in [5.74, 6) is -0.143. The molecule has 0 heterocycles. The molecule has 78 valence electrons. The first-order chi connectivity index (χ1) is 6.64. The van der Waals surface area contributed by atoms with Gasteiger partial charge in [0.05, 0.1) is 12.2 Å². The van der Waals surface area contributed by atoms with E-state index in [4.69, 9.17) is 10.00 Å². The van der Waals surface area contributed by atoms with Crippen molar-refractivity contribution in [3.05, 3.63) is 0 Å². The molecule has 4 heteroatoms. The zero-order valence-electron chi connectivity index (χ0n) is 8.67. The van der Waals surface area contributed by atoms with Crippen LogP contribution >= 0.6 is 0 Å². The molecule has 1 fully saturated rings. The molecule has 0 aromatic heterocycles. The molecule has 1 amide bonds. The Hall–Kier alpha value is -1.08. The first kappa shape index (κ1) is 11.0. The Bertz CT molecular complexity index is 253. The highest BCUT2D eigenvalue weighted by molar-refractivity contribution is 5.86. The zero-order chi connectivity index (χ0) is 10.6. The van der Waals surface area contributed by atoms with Crippen molar-refractivity contribution in [3.63, 3.8) is 0 Å². The third-order valence-corrected chi connectivity index (χ3v) is 2.81. The van der Waals surface area contributed by atoms with Gasteiger partial charge in [-0.15, -0.1) is 0 Å². The maximum Gasteiger partial charge on any atom is 0.240 e. The van der Waals surface area contributed by atoms with E-state index in [-0.39, 0.29) is 12.0 Å². The average molecular weight is 196 g/mol. The fraction of sp³-hybridized carbons (Fsp3) is 0.800. The Kier molecular flexibility index (Phi) is 3.48. The highest BCUT2D eigenvalue weighted by Crippen LogP contribution is 2.40. The molecule has 1 atom stereocenters.